The van der Waals surface area contributed by atoms with Crippen molar-refractivity contribution in [1.82, 2.24) is 0 Å². The average Bonchev–Trinajstić information content (AvgIpc) is 2.63. The Balaban J connectivity index is 2.71. The number of rotatable bonds is 2. The summed E-state index contributed by atoms with van der Waals surface area (Å²) in [6.07, 6.45) is 0. The second kappa shape index (κ2) is 3.50. The van der Waals surface area contributed by atoms with Crippen molar-refractivity contribution in [2.45, 2.75) is 13.8 Å². The number of benzene rings is 1. The monoisotopic (exact) mass is 208 g/mol. The number of thiophene rings is 1. The van der Waals surface area contributed by atoms with E-state index in [9.17, 15) is 5.11 Å². The van der Waals surface area contributed by atoms with Crippen molar-refractivity contribution in [3.05, 3.63) is 23.1 Å². The molecular weight excluding hydrogens is 196 g/mol. The average molecular weight is 208 g/mol. The molecule has 0 fully saturated rings. The topological polar surface area (TPSA) is 29.5 Å². The number of phenolic OH excluding ortho intramolecular Hbond substituents is 1. The fraction of sp³-hybridized carbons (Fsp3) is 0.273. The van der Waals surface area contributed by atoms with E-state index < -0.39 is 0 Å². The van der Waals surface area contributed by atoms with Crippen LogP contribution in [0.25, 0.3) is 10.1 Å². The first-order chi connectivity index (χ1) is 6.74. The summed E-state index contributed by atoms with van der Waals surface area (Å²) in [6, 6.07) is 3.70. The molecule has 1 N–H and O–H groups in total. The van der Waals surface area contributed by atoms with Crippen LogP contribution < -0.4 is 4.74 Å². The van der Waals surface area contributed by atoms with Crippen LogP contribution in [0.1, 0.15) is 12.5 Å². The summed E-state index contributed by atoms with van der Waals surface area (Å²) < 4.78 is 6.58. The maximum atomic E-state index is 9.67. The molecule has 2 aromatic rings. The predicted molar refractivity (Wildman–Crippen MR) is 59.4 cm³/mol. The highest BCUT2D eigenvalue weighted by Gasteiger charge is 2.09. The Labute approximate surface area is 86.8 Å². The van der Waals surface area contributed by atoms with Gasteiger partial charge in [-0.25, -0.2) is 0 Å². The third-order valence-corrected chi connectivity index (χ3v) is 3.17. The Morgan fingerprint density at radius 2 is 2.29 bits per heavy atom. The summed E-state index contributed by atoms with van der Waals surface area (Å²) in [7, 11) is 0. The van der Waals surface area contributed by atoms with Gasteiger partial charge in [0.1, 0.15) is 11.5 Å². The summed E-state index contributed by atoms with van der Waals surface area (Å²) >= 11 is 1.64. The molecule has 0 radical (unpaired) electrons. The van der Waals surface area contributed by atoms with Crippen molar-refractivity contribution in [2.75, 3.05) is 6.61 Å². The number of phenols is 1. The SMILES string of the molecule is CCOc1cc(O)c(C)c2ccsc12. The summed E-state index contributed by atoms with van der Waals surface area (Å²) in [4.78, 5) is 0. The normalized spacial score (nSPS) is 10.7. The Morgan fingerprint density at radius 3 is 3.00 bits per heavy atom. The van der Waals surface area contributed by atoms with Crippen LogP contribution in [0, 0.1) is 6.92 Å². The zero-order valence-electron chi connectivity index (χ0n) is 8.20. The standard InChI is InChI=1S/C11H12O2S/c1-3-13-10-6-9(12)7(2)8-4-5-14-11(8)10/h4-6,12H,3H2,1-2H3. The van der Waals surface area contributed by atoms with E-state index in [0.717, 1.165) is 21.4 Å². The molecule has 3 heteroatoms. The molecule has 1 aromatic heterocycles. The van der Waals surface area contributed by atoms with Crippen LogP contribution in [0.5, 0.6) is 11.5 Å². The van der Waals surface area contributed by atoms with Gasteiger partial charge < -0.3 is 9.84 Å². The molecule has 0 aliphatic carbocycles. The molecule has 0 aliphatic rings. The number of aromatic hydroxyl groups is 1. The Morgan fingerprint density at radius 1 is 1.50 bits per heavy atom. The molecule has 74 valence electrons. The summed E-state index contributed by atoms with van der Waals surface area (Å²) in [5, 5.41) is 12.8. The van der Waals surface area contributed by atoms with E-state index in [1.807, 2.05) is 25.3 Å². The highest BCUT2D eigenvalue weighted by molar-refractivity contribution is 7.17. The predicted octanol–water partition coefficient (Wildman–Crippen LogP) is 3.31. The van der Waals surface area contributed by atoms with Crippen LogP contribution in [-0.4, -0.2) is 11.7 Å². The third-order valence-electron chi connectivity index (χ3n) is 2.24. The van der Waals surface area contributed by atoms with E-state index in [2.05, 4.69) is 0 Å². The van der Waals surface area contributed by atoms with E-state index in [-0.39, 0.29) is 0 Å². The Hall–Kier alpha value is -1.22. The lowest BCUT2D eigenvalue weighted by molar-refractivity contribution is 0.342. The van der Waals surface area contributed by atoms with Gasteiger partial charge in [-0.3, -0.25) is 0 Å². The second-order valence-corrected chi connectivity index (χ2v) is 4.03. The first-order valence-corrected chi connectivity index (χ1v) is 5.44. The van der Waals surface area contributed by atoms with Crippen LogP contribution in [0.3, 0.4) is 0 Å². The summed E-state index contributed by atoms with van der Waals surface area (Å²) in [5.74, 6) is 1.08. The molecule has 0 saturated carbocycles. The second-order valence-electron chi connectivity index (χ2n) is 3.12. The van der Waals surface area contributed by atoms with Gasteiger partial charge in [0.05, 0.1) is 11.3 Å². The van der Waals surface area contributed by atoms with Gasteiger partial charge in [-0.05, 0) is 30.9 Å². The minimum Gasteiger partial charge on any atom is -0.508 e. The van der Waals surface area contributed by atoms with Crippen LogP contribution in [0.2, 0.25) is 0 Å². The minimum atomic E-state index is 0.305. The molecule has 0 spiro atoms. The van der Waals surface area contributed by atoms with Crippen molar-refractivity contribution >= 4 is 21.4 Å². The van der Waals surface area contributed by atoms with E-state index in [0.29, 0.717) is 12.4 Å². The highest BCUT2D eigenvalue weighted by Crippen LogP contribution is 2.37. The van der Waals surface area contributed by atoms with Crippen LogP contribution in [-0.2, 0) is 0 Å². The number of ether oxygens (including phenoxy) is 1. The van der Waals surface area contributed by atoms with E-state index in [4.69, 9.17) is 4.74 Å². The lowest BCUT2D eigenvalue weighted by Crippen LogP contribution is -1.91. The van der Waals surface area contributed by atoms with Gasteiger partial charge in [-0.1, -0.05) is 0 Å². The van der Waals surface area contributed by atoms with Crippen LogP contribution >= 0.6 is 11.3 Å². The molecular formula is C11H12O2S. The van der Waals surface area contributed by atoms with Gasteiger partial charge in [-0.15, -0.1) is 11.3 Å². The minimum absolute atomic E-state index is 0.305. The van der Waals surface area contributed by atoms with Crippen molar-refractivity contribution < 1.29 is 9.84 Å². The molecule has 2 nitrogen and oxygen atoms in total. The third kappa shape index (κ3) is 1.34. The van der Waals surface area contributed by atoms with Crippen LogP contribution in [0.15, 0.2) is 17.5 Å². The molecule has 0 atom stereocenters. The number of hydrogen-bond donors (Lipinski definition) is 1. The lowest BCUT2D eigenvalue weighted by atomic mass is 10.1. The first-order valence-electron chi connectivity index (χ1n) is 4.56. The molecule has 14 heavy (non-hydrogen) atoms. The van der Waals surface area contributed by atoms with Crippen molar-refractivity contribution in [2.24, 2.45) is 0 Å². The molecule has 0 aliphatic heterocycles. The van der Waals surface area contributed by atoms with E-state index in [1.165, 1.54) is 0 Å². The molecule has 0 amide bonds. The van der Waals surface area contributed by atoms with Gasteiger partial charge in [0.2, 0.25) is 0 Å². The summed E-state index contributed by atoms with van der Waals surface area (Å²) in [6.45, 7) is 4.48. The molecule has 0 saturated heterocycles. The molecule has 0 bridgehead atoms. The molecule has 2 rings (SSSR count). The van der Waals surface area contributed by atoms with E-state index in [1.54, 1.807) is 17.4 Å². The summed E-state index contributed by atoms with van der Waals surface area (Å²) in [5.41, 5.74) is 0.921. The van der Waals surface area contributed by atoms with Crippen molar-refractivity contribution in [1.29, 1.82) is 0 Å². The number of fused-ring (bicyclic) bond motifs is 1. The molecule has 1 aromatic carbocycles. The maximum Gasteiger partial charge on any atom is 0.140 e. The number of hydrogen-bond acceptors (Lipinski definition) is 3. The van der Waals surface area contributed by atoms with Gasteiger partial charge in [-0.2, -0.15) is 0 Å². The van der Waals surface area contributed by atoms with Crippen LogP contribution in [0.4, 0.5) is 0 Å². The highest BCUT2D eigenvalue weighted by atomic mass is 32.1. The molecule has 1 heterocycles. The largest absolute Gasteiger partial charge is 0.508 e. The van der Waals surface area contributed by atoms with E-state index >= 15 is 0 Å². The fourth-order valence-corrected chi connectivity index (χ4v) is 2.42. The van der Waals surface area contributed by atoms with Gasteiger partial charge in [0.15, 0.2) is 0 Å². The van der Waals surface area contributed by atoms with Gasteiger partial charge >= 0.3 is 0 Å². The zero-order valence-corrected chi connectivity index (χ0v) is 9.02. The fourth-order valence-electron chi connectivity index (χ4n) is 1.49. The maximum absolute atomic E-state index is 9.67. The van der Waals surface area contributed by atoms with Crippen molar-refractivity contribution in [3.8, 4) is 11.5 Å². The smallest absolute Gasteiger partial charge is 0.140 e. The van der Waals surface area contributed by atoms with Gasteiger partial charge in [0.25, 0.3) is 0 Å². The first kappa shape index (κ1) is 9.34. The molecule has 0 unspecified atom stereocenters. The Bertz CT molecular complexity index is 460. The number of aryl methyl sites for hydroxylation is 1. The quantitative estimate of drug-likeness (QED) is 0.820. The lowest BCUT2D eigenvalue weighted by Gasteiger charge is -2.07. The zero-order chi connectivity index (χ0) is 10.1. The van der Waals surface area contributed by atoms with Gasteiger partial charge in [0, 0.05) is 11.5 Å². The Kier molecular flexibility index (Phi) is 2.33. The van der Waals surface area contributed by atoms with Crippen molar-refractivity contribution in [3.63, 3.8) is 0 Å².